The lowest BCUT2D eigenvalue weighted by Crippen LogP contribution is -2.41. The van der Waals surface area contributed by atoms with Crippen LogP contribution in [0.25, 0.3) is 0 Å². The summed E-state index contributed by atoms with van der Waals surface area (Å²) in [6.45, 7) is 1.91. The van der Waals surface area contributed by atoms with E-state index in [0.717, 1.165) is 44.8 Å². The second kappa shape index (κ2) is 6.26. The van der Waals surface area contributed by atoms with Gasteiger partial charge in [-0.25, -0.2) is 4.39 Å². The zero-order valence-corrected chi connectivity index (χ0v) is 15.2. The number of ether oxygens (including phenoxy) is 1. The number of carbonyl (C=O) groups excluding carboxylic acids is 2. The average Bonchev–Trinajstić information content (AvgIpc) is 3.26. The Morgan fingerprint density at radius 3 is 2.93 bits per heavy atom. The molecule has 1 saturated carbocycles. The summed E-state index contributed by atoms with van der Waals surface area (Å²) in [4.78, 5) is 30.7. The van der Waals surface area contributed by atoms with Crippen LogP contribution < -0.4 is 5.32 Å². The second-order valence-corrected chi connectivity index (χ2v) is 8.48. The van der Waals surface area contributed by atoms with Crippen molar-refractivity contribution in [2.75, 3.05) is 19.6 Å². The maximum atomic E-state index is 13.3. The first-order chi connectivity index (χ1) is 13.1. The zero-order valence-electron chi connectivity index (χ0n) is 15.2. The lowest BCUT2D eigenvalue weighted by atomic mass is 9.73. The lowest BCUT2D eigenvalue weighted by molar-refractivity contribution is -0.138. The lowest BCUT2D eigenvalue weighted by Gasteiger charge is -2.30. The van der Waals surface area contributed by atoms with Gasteiger partial charge in [-0.3, -0.25) is 14.6 Å². The molecule has 4 heterocycles. The van der Waals surface area contributed by atoms with Gasteiger partial charge in [0.25, 0.3) is 5.91 Å². The standard InChI is InChI=1S/C20H24FN3O3/c21-14-6-13(7-22-8-14)18(25)23-9-15-16-10-24(19(26)12-2-1-3-12)11-20(16)5-4-17(15)27-20/h6-8,12,15-17H,1-5,9-11H2,(H,23,25)/t15-,16+,17+,20+/m0/s1. The van der Waals surface area contributed by atoms with E-state index in [1.54, 1.807) is 0 Å². The van der Waals surface area contributed by atoms with Crippen molar-refractivity contribution in [2.45, 2.75) is 43.8 Å². The SMILES string of the molecule is O=C(NC[C@H]1[C@H]2CN(C(=O)C3CCC3)C[C@]23CC[C@H]1O3)c1cncc(F)c1. The summed E-state index contributed by atoms with van der Waals surface area (Å²) in [5.74, 6) is 0.112. The van der Waals surface area contributed by atoms with E-state index in [4.69, 9.17) is 4.74 Å². The highest BCUT2D eigenvalue weighted by atomic mass is 19.1. The van der Waals surface area contributed by atoms with Crippen molar-refractivity contribution in [3.05, 3.63) is 29.8 Å². The van der Waals surface area contributed by atoms with E-state index in [2.05, 4.69) is 10.3 Å². The van der Waals surface area contributed by atoms with Crippen molar-refractivity contribution >= 4 is 11.8 Å². The molecule has 6 nitrogen and oxygen atoms in total. The van der Waals surface area contributed by atoms with Gasteiger partial charge in [0.2, 0.25) is 5.91 Å². The van der Waals surface area contributed by atoms with Gasteiger partial charge >= 0.3 is 0 Å². The predicted molar refractivity (Wildman–Crippen MR) is 94.3 cm³/mol. The number of nitrogens with zero attached hydrogens (tertiary/aromatic N) is 2. The molecular weight excluding hydrogens is 349 g/mol. The summed E-state index contributed by atoms with van der Waals surface area (Å²) in [5, 5.41) is 2.92. The minimum absolute atomic E-state index is 0.141. The summed E-state index contributed by atoms with van der Waals surface area (Å²) in [6, 6.07) is 1.19. The molecule has 1 N–H and O–H groups in total. The average molecular weight is 373 g/mol. The normalized spacial score (nSPS) is 34.4. The van der Waals surface area contributed by atoms with Crippen LogP contribution in [0.2, 0.25) is 0 Å². The Bertz CT molecular complexity index is 783. The zero-order chi connectivity index (χ0) is 18.6. The second-order valence-electron chi connectivity index (χ2n) is 8.48. The van der Waals surface area contributed by atoms with E-state index in [-0.39, 0.29) is 46.8 Å². The van der Waals surface area contributed by atoms with Crippen LogP contribution in [0.4, 0.5) is 4.39 Å². The highest BCUT2D eigenvalue weighted by molar-refractivity contribution is 5.93. The molecule has 4 fully saturated rings. The number of rotatable bonds is 4. The molecule has 0 aromatic carbocycles. The third-order valence-corrected chi connectivity index (χ3v) is 7.02. The van der Waals surface area contributed by atoms with Crippen molar-refractivity contribution < 1.29 is 18.7 Å². The van der Waals surface area contributed by atoms with Gasteiger partial charge < -0.3 is 15.0 Å². The summed E-state index contributed by atoms with van der Waals surface area (Å²) >= 11 is 0. The molecule has 7 heteroatoms. The number of hydrogen-bond donors (Lipinski definition) is 1. The molecule has 1 aliphatic carbocycles. The number of carbonyl (C=O) groups is 2. The van der Waals surface area contributed by atoms with Crippen LogP contribution in [-0.2, 0) is 9.53 Å². The van der Waals surface area contributed by atoms with Crippen LogP contribution in [0.5, 0.6) is 0 Å². The van der Waals surface area contributed by atoms with Gasteiger partial charge in [0.1, 0.15) is 5.82 Å². The Morgan fingerprint density at radius 2 is 2.19 bits per heavy atom. The number of nitrogens with one attached hydrogen (secondary N) is 1. The summed E-state index contributed by atoms with van der Waals surface area (Å²) in [6.07, 6.45) is 7.74. The van der Waals surface area contributed by atoms with Crippen LogP contribution in [0.1, 0.15) is 42.5 Å². The fraction of sp³-hybridized carbons (Fsp3) is 0.650. The van der Waals surface area contributed by atoms with Gasteiger partial charge in [-0.1, -0.05) is 6.42 Å². The number of aromatic nitrogens is 1. The monoisotopic (exact) mass is 373 g/mol. The van der Waals surface area contributed by atoms with E-state index in [1.165, 1.54) is 12.3 Å². The van der Waals surface area contributed by atoms with Crippen LogP contribution in [0.3, 0.4) is 0 Å². The van der Waals surface area contributed by atoms with Gasteiger partial charge in [0.05, 0.1) is 30.0 Å². The molecule has 1 aromatic rings. The topological polar surface area (TPSA) is 71.5 Å². The van der Waals surface area contributed by atoms with E-state index in [0.29, 0.717) is 13.1 Å². The maximum absolute atomic E-state index is 13.3. The number of fused-ring (bicyclic) bond motifs is 1. The van der Waals surface area contributed by atoms with Crippen LogP contribution in [-0.4, -0.2) is 53.0 Å². The van der Waals surface area contributed by atoms with Crippen molar-refractivity contribution in [1.29, 1.82) is 0 Å². The van der Waals surface area contributed by atoms with E-state index in [1.807, 2.05) is 4.90 Å². The van der Waals surface area contributed by atoms with Crippen molar-refractivity contribution in [3.8, 4) is 0 Å². The predicted octanol–water partition coefficient (Wildman–Crippen LogP) is 1.76. The molecule has 2 amide bonds. The fourth-order valence-corrected chi connectivity index (χ4v) is 5.39. The Morgan fingerprint density at radius 1 is 1.33 bits per heavy atom. The third-order valence-electron chi connectivity index (χ3n) is 7.02. The molecular formula is C20H24FN3O3. The number of amides is 2. The van der Waals surface area contributed by atoms with E-state index < -0.39 is 5.82 Å². The van der Waals surface area contributed by atoms with Gasteiger partial charge in [0.15, 0.2) is 0 Å². The maximum Gasteiger partial charge on any atom is 0.252 e. The van der Waals surface area contributed by atoms with Gasteiger partial charge in [0, 0.05) is 37.0 Å². The number of halogens is 1. The molecule has 1 spiro atoms. The first-order valence-corrected chi connectivity index (χ1v) is 9.91. The first kappa shape index (κ1) is 17.1. The van der Waals surface area contributed by atoms with Crippen molar-refractivity contribution in [3.63, 3.8) is 0 Å². The van der Waals surface area contributed by atoms with Gasteiger partial charge in [-0.2, -0.15) is 0 Å². The number of likely N-dealkylation sites (tertiary alicyclic amines) is 1. The minimum atomic E-state index is -0.522. The fourth-order valence-electron chi connectivity index (χ4n) is 5.39. The first-order valence-electron chi connectivity index (χ1n) is 9.91. The third kappa shape index (κ3) is 2.74. The van der Waals surface area contributed by atoms with Crippen LogP contribution >= 0.6 is 0 Å². The van der Waals surface area contributed by atoms with Crippen LogP contribution in [0, 0.1) is 23.6 Å². The van der Waals surface area contributed by atoms with Gasteiger partial charge in [-0.05, 0) is 31.7 Å². The summed E-state index contributed by atoms with van der Waals surface area (Å²) in [5.41, 5.74) is 0.00173. The van der Waals surface area contributed by atoms with Crippen LogP contribution in [0.15, 0.2) is 18.5 Å². The molecule has 144 valence electrons. The Labute approximate surface area is 157 Å². The molecule has 0 unspecified atom stereocenters. The molecule has 27 heavy (non-hydrogen) atoms. The number of pyridine rings is 1. The highest BCUT2D eigenvalue weighted by Gasteiger charge is 2.63. The number of hydrogen-bond acceptors (Lipinski definition) is 4. The molecule has 3 aliphatic heterocycles. The largest absolute Gasteiger partial charge is 0.369 e. The molecule has 3 saturated heterocycles. The smallest absolute Gasteiger partial charge is 0.252 e. The quantitative estimate of drug-likeness (QED) is 0.873. The minimum Gasteiger partial charge on any atom is -0.369 e. The molecule has 4 aliphatic rings. The Kier molecular flexibility index (Phi) is 3.96. The van der Waals surface area contributed by atoms with Gasteiger partial charge in [-0.15, -0.1) is 0 Å². The molecule has 4 atom stereocenters. The van der Waals surface area contributed by atoms with E-state index in [9.17, 15) is 14.0 Å². The van der Waals surface area contributed by atoms with E-state index >= 15 is 0 Å². The summed E-state index contributed by atoms with van der Waals surface area (Å²) < 4.78 is 19.6. The molecule has 2 bridgehead atoms. The summed E-state index contributed by atoms with van der Waals surface area (Å²) in [7, 11) is 0. The molecule has 5 rings (SSSR count). The molecule has 0 radical (unpaired) electrons. The van der Waals surface area contributed by atoms with Crippen molar-refractivity contribution in [2.24, 2.45) is 17.8 Å². The highest BCUT2D eigenvalue weighted by Crippen LogP contribution is 2.55. The Balaban J connectivity index is 1.25. The Hall–Kier alpha value is -2.02. The van der Waals surface area contributed by atoms with Crippen molar-refractivity contribution in [1.82, 2.24) is 15.2 Å². The molecule has 1 aromatic heterocycles.